The van der Waals surface area contributed by atoms with E-state index in [-0.39, 0.29) is 0 Å². The number of hydrogen-bond donors (Lipinski definition) is 0. The van der Waals surface area contributed by atoms with E-state index in [0.29, 0.717) is 10.7 Å². The molecule has 0 atom stereocenters. The van der Waals surface area contributed by atoms with Crippen molar-refractivity contribution >= 4 is 11.6 Å². The van der Waals surface area contributed by atoms with Crippen LogP contribution < -0.4 is 0 Å². The predicted octanol–water partition coefficient (Wildman–Crippen LogP) is 4.68. The van der Waals surface area contributed by atoms with Crippen LogP contribution in [0.15, 0.2) is 48.5 Å². The van der Waals surface area contributed by atoms with Gasteiger partial charge in [-0.3, -0.25) is 0 Å². The number of aryl methyl sites for hydroxylation is 2. The van der Waals surface area contributed by atoms with Crippen LogP contribution in [0.4, 0.5) is 0 Å². The molecule has 108 valence electrons. The Morgan fingerprint density at radius 2 is 1.73 bits per heavy atom. The first-order chi connectivity index (χ1) is 10.6. The molecule has 3 rings (SSSR count). The zero-order valence-electron chi connectivity index (χ0n) is 12.3. The zero-order chi connectivity index (χ0) is 15.7. The molecule has 0 radical (unpaired) electrons. The second-order valence-corrected chi connectivity index (χ2v) is 5.65. The van der Waals surface area contributed by atoms with E-state index in [4.69, 9.17) is 16.9 Å². The van der Waals surface area contributed by atoms with Gasteiger partial charge in [0.25, 0.3) is 0 Å². The van der Waals surface area contributed by atoms with Gasteiger partial charge < -0.3 is 0 Å². The summed E-state index contributed by atoms with van der Waals surface area (Å²) in [5.41, 5.74) is 5.64. The monoisotopic (exact) mass is 307 g/mol. The molecule has 0 aliphatic carbocycles. The Hall–Kier alpha value is -2.57. The van der Waals surface area contributed by atoms with Crippen molar-refractivity contribution in [1.29, 1.82) is 5.26 Å². The van der Waals surface area contributed by atoms with E-state index < -0.39 is 0 Å². The number of aromatic nitrogens is 2. The van der Waals surface area contributed by atoms with E-state index in [9.17, 15) is 0 Å². The van der Waals surface area contributed by atoms with E-state index in [2.05, 4.69) is 37.1 Å². The summed E-state index contributed by atoms with van der Waals surface area (Å²) in [6.45, 7) is 4.16. The standard InChI is InChI=1S/C18H14ClN3/c1-12-3-4-14(9-13(12)2)18-10-16(11-20)21-22(18)17-7-5-15(19)6-8-17/h3-10H,1-2H3. The molecule has 0 N–H and O–H groups in total. The Kier molecular flexibility index (Phi) is 3.70. The average Bonchev–Trinajstić information content (AvgIpc) is 2.95. The minimum Gasteiger partial charge on any atom is -0.232 e. The van der Waals surface area contributed by atoms with Crippen molar-refractivity contribution in [3.05, 3.63) is 70.4 Å². The number of halogens is 1. The molecular weight excluding hydrogens is 294 g/mol. The molecule has 0 saturated heterocycles. The van der Waals surface area contributed by atoms with Crippen LogP contribution in [0.1, 0.15) is 16.8 Å². The zero-order valence-corrected chi connectivity index (χ0v) is 13.1. The fourth-order valence-corrected chi connectivity index (χ4v) is 2.45. The molecule has 3 nitrogen and oxygen atoms in total. The third-order valence-electron chi connectivity index (χ3n) is 3.70. The van der Waals surface area contributed by atoms with Gasteiger partial charge >= 0.3 is 0 Å². The summed E-state index contributed by atoms with van der Waals surface area (Å²) in [6, 6.07) is 17.6. The summed E-state index contributed by atoms with van der Waals surface area (Å²) in [5, 5.41) is 14.2. The smallest absolute Gasteiger partial charge is 0.163 e. The lowest BCUT2D eigenvalue weighted by molar-refractivity contribution is 0.880. The van der Waals surface area contributed by atoms with Gasteiger partial charge in [-0.15, -0.1) is 0 Å². The molecule has 0 bridgehead atoms. The summed E-state index contributed by atoms with van der Waals surface area (Å²) < 4.78 is 1.78. The lowest BCUT2D eigenvalue weighted by atomic mass is 10.0. The molecule has 0 amide bonds. The highest BCUT2D eigenvalue weighted by atomic mass is 35.5. The van der Waals surface area contributed by atoms with E-state index in [1.165, 1.54) is 11.1 Å². The molecule has 3 aromatic rings. The van der Waals surface area contributed by atoms with Crippen molar-refractivity contribution in [3.8, 4) is 23.0 Å². The van der Waals surface area contributed by atoms with Crippen LogP contribution in [0.25, 0.3) is 16.9 Å². The topological polar surface area (TPSA) is 41.6 Å². The maximum Gasteiger partial charge on any atom is 0.163 e. The molecule has 2 aromatic carbocycles. The van der Waals surface area contributed by atoms with Gasteiger partial charge in [-0.1, -0.05) is 23.7 Å². The summed E-state index contributed by atoms with van der Waals surface area (Å²) >= 11 is 5.94. The van der Waals surface area contributed by atoms with Crippen molar-refractivity contribution in [3.63, 3.8) is 0 Å². The Morgan fingerprint density at radius 1 is 1.00 bits per heavy atom. The van der Waals surface area contributed by atoms with Gasteiger partial charge in [0, 0.05) is 16.7 Å². The number of hydrogen-bond acceptors (Lipinski definition) is 2. The first-order valence-corrected chi connectivity index (χ1v) is 7.30. The van der Waals surface area contributed by atoms with Gasteiger partial charge in [-0.05, 0) is 55.3 Å². The minimum atomic E-state index is 0.392. The summed E-state index contributed by atoms with van der Waals surface area (Å²) in [7, 11) is 0. The van der Waals surface area contributed by atoms with Crippen LogP contribution >= 0.6 is 11.6 Å². The summed E-state index contributed by atoms with van der Waals surface area (Å²) in [6.07, 6.45) is 0. The van der Waals surface area contributed by atoms with Crippen LogP contribution in [-0.4, -0.2) is 9.78 Å². The van der Waals surface area contributed by atoms with E-state index in [0.717, 1.165) is 16.9 Å². The summed E-state index contributed by atoms with van der Waals surface area (Å²) in [5.74, 6) is 0. The molecule has 0 fully saturated rings. The Labute approximate surface area is 134 Å². The number of benzene rings is 2. The number of rotatable bonds is 2. The molecule has 0 spiro atoms. The quantitative estimate of drug-likeness (QED) is 0.689. The van der Waals surface area contributed by atoms with Gasteiger partial charge in [0.2, 0.25) is 0 Å². The van der Waals surface area contributed by atoms with Gasteiger partial charge in [-0.2, -0.15) is 10.4 Å². The highest BCUT2D eigenvalue weighted by Gasteiger charge is 2.12. The van der Waals surface area contributed by atoms with Crippen LogP contribution in [0.5, 0.6) is 0 Å². The second kappa shape index (κ2) is 5.67. The third-order valence-corrected chi connectivity index (χ3v) is 3.95. The minimum absolute atomic E-state index is 0.392. The molecule has 0 unspecified atom stereocenters. The normalized spacial score (nSPS) is 10.5. The second-order valence-electron chi connectivity index (χ2n) is 5.21. The molecule has 22 heavy (non-hydrogen) atoms. The van der Waals surface area contributed by atoms with E-state index >= 15 is 0 Å². The molecule has 0 aliphatic heterocycles. The molecule has 0 saturated carbocycles. The molecule has 1 heterocycles. The van der Waals surface area contributed by atoms with Gasteiger partial charge in [0.15, 0.2) is 5.69 Å². The van der Waals surface area contributed by atoms with E-state index in [1.54, 1.807) is 10.7 Å². The van der Waals surface area contributed by atoms with Crippen molar-refractivity contribution < 1.29 is 0 Å². The summed E-state index contributed by atoms with van der Waals surface area (Å²) in [4.78, 5) is 0. The molecule has 0 aliphatic rings. The van der Waals surface area contributed by atoms with E-state index in [1.807, 2.05) is 30.3 Å². The lowest BCUT2D eigenvalue weighted by Crippen LogP contribution is -1.99. The van der Waals surface area contributed by atoms with Crippen molar-refractivity contribution in [1.82, 2.24) is 9.78 Å². The number of nitriles is 1. The Balaban J connectivity index is 2.18. The van der Waals surface area contributed by atoms with Crippen LogP contribution in [-0.2, 0) is 0 Å². The number of nitrogens with zero attached hydrogens (tertiary/aromatic N) is 3. The van der Waals surface area contributed by atoms with Gasteiger partial charge in [0.05, 0.1) is 11.4 Å². The van der Waals surface area contributed by atoms with Crippen LogP contribution in [0.2, 0.25) is 5.02 Å². The lowest BCUT2D eigenvalue weighted by Gasteiger charge is -2.09. The SMILES string of the molecule is Cc1ccc(-c2cc(C#N)nn2-c2ccc(Cl)cc2)cc1C. The van der Waals surface area contributed by atoms with Crippen molar-refractivity contribution in [2.24, 2.45) is 0 Å². The molecule has 4 heteroatoms. The largest absolute Gasteiger partial charge is 0.232 e. The first-order valence-electron chi connectivity index (χ1n) is 6.92. The van der Waals surface area contributed by atoms with Crippen LogP contribution in [0.3, 0.4) is 0 Å². The maximum absolute atomic E-state index is 9.17. The highest BCUT2D eigenvalue weighted by Crippen LogP contribution is 2.26. The first kappa shape index (κ1) is 14.4. The third kappa shape index (κ3) is 2.61. The van der Waals surface area contributed by atoms with Gasteiger partial charge in [0.1, 0.15) is 6.07 Å². The molecule has 1 aromatic heterocycles. The Bertz CT molecular complexity index is 870. The fourth-order valence-electron chi connectivity index (χ4n) is 2.32. The highest BCUT2D eigenvalue weighted by molar-refractivity contribution is 6.30. The van der Waals surface area contributed by atoms with Gasteiger partial charge in [-0.25, -0.2) is 4.68 Å². The van der Waals surface area contributed by atoms with Crippen LogP contribution in [0, 0.1) is 25.2 Å². The Morgan fingerprint density at radius 3 is 2.36 bits per heavy atom. The predicted molar refractivity (Wildman–Crippen MR) is 88.2 cm³/mol. The molecular formula is C18H14ClN3. The average molecular weight is 308 g/mol. The fraction of sp³-hybridized carbons (Fsp3) is 0.111. The maximum atomic E-state index is 9.17. The van der Waals surface area contributed by atoms with Crippen molar-refractivity contribution in [2.75, 3.05) is 0 Å². The van der Waals surface area contributed by atoms with Crippen molar-refractivity contribution in [2.45, 2.75) is 13.8 Å².